The van der Waals surface area contributed by atoms with Gasteiger partial charge in [-0.25, -0.2) is 13.2 Å². The van der Waals surface area contributed by atoms with Gasteiger partial charge in [0, 0.05) is 0 Å². The molecule has 1 atom stereocenters. The Kier molecular flexibility index (Phi) is 3.74. The lowest BCUT2D eigenvalue weighted by atomic mass is 10.2. The molecule has 0 aromatic heterocycles. The van der Waals surface area contributed by atoms with E-state index in [2.05, 4.69) is 0 Å². The number of sulfone groups is 1. The summed E-state index contributed by atoms with van der Waals surface area (Å²) in [7, 11) is -2.61. The molecule has 0 amide bonds. The molecule has 94 valence electrons. The van der Waals surface area contributed by atoms with E-state index in [0.717, 1.165) is 0 Å². The van der Waals surface area contributed by atoms with Crippen LogP contribution in [0.25, 0.3) is 0 Å². The molecule has 0 aliphatic carbocycles. The second-order valence-corrected chi connectivity index (χ2v) is 5.50. The monoisotopic (exact) mass is 259 g/mol. The third-order valence-electron chi connectivity index (χ3n) is 2.27. The number of methoxy groups -OCH3 is 1. The smallest absolute Gasteiger partial charge is 0.336 e. The Hall–Kier alpha value is -1.60. The Labute approximate surface area is 98.9 Å². The summed E-state index contributed by atoms with van der Waals surface area (Å²) in [6, 6.07) is 4.05. The molecular weight excluding hydrogens is 246 g/mol. The van der Waals surface area contributed by atoms with Gasteiger partial charge in [0.2, 0.25) is 15.2 Å². The Morgan fingerprint density at radius 2 is 2.06 bits per heavy atom. The van der Waals surface area contributed by atoms with Crippen LogP contribution in [0.5, 0.6) is 5.75 Å². The minimum Gasteiger partial charge on any atom is -0.496 e. The van der Waals surface area contributed by atoms with E-state index in [0.29, 0.717) is 11.3 Å². The van der Waals surface area contributed by atoms with E-state index in [1.807, 2.05) is 0 Å². The lowest BCUT2D eigenvalue weighted by Crippen LogP contribution is -2.38. The second-order valence-electron chi connectivity index (χ2n) is 3.44. The Morgan fingerprint density at radius 3 is 2.47 bits per heavy atom. The van der Waals surface area contributed by atoms with Crippen molar-refractivity contribution in [3.8, 4) is 5.75 Å². The molecule has 0 heterocycles. The predicted octanol–water partition coefficient (Wildman–Crippen LogP) is 0.147. The number of carbonyl (C=O) groups is 1. The molecule has 1 aromatic rings. The topological polar surface area (TPSA) is 107 Å². The van der Waals surface area contributed by atoms with E-state index in [1.165, 1.54) is 25.3 Å². The van der Waals surface area contributed by atoms with Crippen molar-refractivity contribution in [2.75, 3.05) is 7.11 Å². The largest absolute Gasteiger partial charge is 0.496 e. The second kappa shape index (κ2) is 4.72. The van der Waals surface area contributed by atoms with Crippen molar-refractivity contribution in [2.24, 2.45) is 5.73 Å². The highest BCUT2D eigenvalue weighted by atomic mass is 32.2. The van der Waals surface area contributed by atoms with Gasteiger partial charge in [-0.1, -0.05) is 0 Å². The highest BCUT2D eigenvalue weighted by Gasteiger charge is 2.30. The number of aryl methyl sites for hydroxylation is 1. The molecule has 7 heteroatoms. The SMILES string of the molecule is COc1ccc(S(=O)(=O)C(N)C(=O)O)cc1C. The molecule has 17 heavy (non-hydrogen) atoms. The number of hydrogen-bond donors (Lipinski definition) is 2. The van der Waals surface area contributed by atoms with Crippen molar-refractivity contribution in [3.63, 3.8) is 0 Å². The van der Waals surface area contributed by atoms with Crippen LogP contribution in [0.2, 0.25) is 0 Å². The Bertz CT molecular complexity index is 538. The van der Waals surface area contributed by atoms with Crippen molar-refractivity contribution in [1.29, 1.82) is 0 Å². The highest BCUT2D eigenvalue weighted by Crippen LogP contribution is 2.23. The average molecular weight is 259 g/mol. The van der Waals surface area contributed by atoms with Gasteiger partial charge in [0.05, 0.1) is 12.0 Å². The van der Waals surface area contributed by atoms with E-state index < -0.39 is 21.2 Å². The maximum atomic E-state index is 11.8. The number of benzene rings is 1. The van der Waals surface area contributed by atoms with Crippen molar-refractivity contribution in [2.45, 2.75) is 17.2 Å². The number of aliphatic carboxylic acids is 1. The Morgan fingerprint density at radius 1 is 1.47 bits per heavy atom. The zero-order chi connectivity index (χ0) is 13.2. The molecule has 0 aliphatic heterocycles. The fourth-order valence-corrected chi connectivity index (χ4v) is 2.46. The fourth-order valence-electron chi connectivity index (χ4n) is 1.31. The van der Waals surface area contributed by atoms with Crippen LogP contribution in [0, 0.1) is 6.92 Å². The summed E-state index contributed by atoms with van der Waals surface area (Å²) in [6.45, 7) is 1.66. The quantitative estimate of drug-likeness (QED) is 0.797. The summed E-state index contributed by atoms with van der Waals surface area (Å²) in [4.78, 5) is 10.5. The molecule has 0 saturated carbocycles. The van der Waals surface area contributed by atoms with Crippen molar-refractivity contribution in [1.82, 2.24) is 0 Å². The molecule has 0 aliphatic rings. The van der Waals surface area contributed by atoms with E-state index in [-0.39, 0.29) is 4.90 Å². The standard InChI is InChI=1S/C10H13NO5S/c1-6-5-7(3-4-8(6)16-2)17(14,15)9(11)10(12)13/h3-5,9H,11H2,1-2H3,(H,12,13). The summed E-state index contributed by atoms with van der Waals surface area (Å²) in [5.41, 5.74) is 5.72. The lowest BCUT2D eigenvalue weighted by Gasteiger charge is -2.11. The molecule has 0 radical (unpaired) electrons. The predicted molar refractivity (Wildman–Crippen MR) is 60.5 cm³/mol. The van der Waals surface area contributed by atoms with E-state index in [4.69, 9.17) is 15.6 Å². The summed E-state index contributed by atoms with van der Waals surface area (Å²) in [5, 5.41) is 6.66. The summed E-state index contributed by atoms with van der Waals surface area (Å²) < 4.78 is 28.5. The normalized spacial score (nSPS) is 13.1. The molecule has 1 rings (SSSR count). The molecule has 3 N–H and O–H groups in total. The first kappa shape index (κ1) is 13.5. The number of carboxylic acid groups (broad SMARTS) is 1. The average Bonchev–Trinajstić information content (AvgIpc) is 2.27. The van der Waals surface area contributed by atoms with Gasteiger partial charge >= 0.3 is 5.97 Å². The van der Waals surface area contributed by atoms with Gasteiger partial charge in [-0.3, -0.25) is 0 Å². The number of nitrogens with two attached hydrogens (primary N) is 1. The third-order valence-corrected chi connectivity index (χ3v) is 4.05. The van der Waals surface area contributed by atoms with Crippen molar-refractivity contribution >= 4 is 15.8 Å². The van der Waals surface area contributed by atoms with Gasteiger partial charge < -0.3 is 15.6 Å². The van der Waals surface area contributed by atoms with Crippen LogP contribution >= 0.6 is 0 Å². The van der Waals surface area contributed by atoms with Crippen LogP contribution in [0.3, 0.4) is 0 Å². The number of hydrogen-bond acceptors (Lipinski definition) is 5. The maximum Gasteiger partial charge on any atom is 0.336 e. The van der Waals surface area contributed by atoms with Gasteiger partial charge in [-0.05, 0) is 30.7 Å². The summed E-state index contributed by atoms with van der Waals surface area (Å²) >= 11 is 0. The van der Waals surface area contributed by atoms with Gasteiger partial charge in [-0.15, -0.1) is 0 Å². The van der Waals surface area contributed by atoms with E-state index >= 15 is 0 Å². The fraction of sp³-hybridized carbons (Fsp3) is 0.300. The number of ether oxygens (including phenoxy) is 1. The molecule has 0 bridgehead atoms. The first-order chi connectivity index (χ1) is 7.80. The minimum atomic E-state index is -4.06. The number of rotatable bonds is 4. The van der Waals surface area contributed by atoms with Crippen molar-refractivity contribution in [3.05, 3.63) is 23.8 Å². The summed E-state index contributed by atoms with van der Waals surface area (Å²) in [6.07, 6.45) is 0. The first-order valence-corrected chi connectivity index (χ1v) is 6.22. The van der Waals surface area contributed by atoms with Gasteiger partial charge in [-0.2, -0.15) is 0 Å². The van der Waals surface area contributed by atoms with Gasteiger partial charge in [0.15, 0.2) is 0 Å². The van der Waals surface area contributed by atoms with Crippen LogP contribution in [-0.2, 0) is 14.6 Å². The third kappa shape index (κ3) is 2.56. The van der Waals surface area contributed by atoms with Crippen LogP contribution in [0.1, 0.15) is 5.56 Å². The van der Waals surface area contributed by atoms with Gasteiger partial charge in [0.1, 0.15) is 5.75 Å². The van der Waals surface area contributed by atoms with E-state index in [1.54, 1.807) is 6.92 Å². The van der Waals surface area contributed by atoms with Crippen LogP contribution in [0.15, 0.2) is 23.1 Å². The summed E-state index contributed by atoms with van der Waals surface area (Å²) in [5.74, 6) is -1.06. The lowest BCUT2D eigenvalue weighted by molar-refractivity contribution is -0.136. The van der Waals surface area contributed by atoms with Gasteiger partial charge in [0.25, 0.3) is 0 Å². The van der Waals surface area contributed by atoms with Crippen LogP contribution in [-0.4, -0.2) is 32.0 Å². The molecule has 0 fully saturated rings. The molecule has 0 saturated heterocycles. The van der Waals surface area contributed by atoms with Crippen LogP contribution in [0.4, 0.5) is 0 Å². The minimum absolute atomic E-state index is 0.134. The zero-order valence-electron chi connectivity index (χ0n) is 9.38. The number of carboxylic acids is 1. The zero-order valence-corrected chi connectivity index (χ0v) is 10.2. The molecular formula is C10H13NO5S. The highest BCUT2D eigenvalue weighted by molar-refractivity contribution is 7.92. The first-order valence-electron chi connectivity index (χ1n) is 4.67. The molecule has 1 aromatic carbocycles. The van der Waals surface area contributed by atoms with Crippen molar-refractivity contribution < 1.29 is 23.1 Å². The Balaban J connectivity index is 3.26. The van der Waals surface area contributed by atoms with E-state index in [9.17, 15) is 13.2 Å². The molecule has 0 spiro atoms. The molecule has 6 nitrogen and oxygen atoms in total. The molecule has 1 unspecified atom stereocenters. The van der Waals surface area contributed by atoms with Crippen LogP contribution < -0.4 is 10.5 Å². The maximum absolute atomic E-state index is 11.8.